The van der Waals surface area contributed by atoms with Gasteiger partial charge >= 0.3 is 0 Å². The van der Waals surface area contributed by atoms with Crippen molar-refractivity contribution in [3.8, 4) is 0 Å². The second-order valence-corrected chi connectivity index (χ2v) is 5.53. The van der Waals surface area contributed by atoms with Crippen molar-refractivity contribution < 1.29 is 0 Å². The van der Waals surface area contributed by atoms with E-state index in [1.165, 1.54) is 51.7 Å². The van der Waals surface area contributed by atoms with Gasteiger partial charge in [0.2, 0.25) is 0 Å². The highest BCUT2D eigenvalue weighted by Crippen LogP contribution is 2.19. The van der Waals surface area contributed by atoms with E-state index in [2.05, 4.69) is 30.1 Å². The molecular formula is C14H26N2. The summed E-state index contributed by atoms with van der Waals surface area (Å²) in [5, 5.41) is 3.59. The van der Waals surface area contributed by atoms with Crippen LogP contribution in [0.25, 0.3) is 0 Å². The van der Waals surface area contributed by atoms with Crippen LogP contribution in [-0.4, -0.2) is 36.6 Å². The normalized spacial score (nSPS) is 24.2. The molecule has 1 N–H and O–H groups in total. The zero-order chi connectivity index (χ0) is 11.4. The summed E-state index contributed by atoms with van der Waals surface area (Å²) in [5.74, 6) is 0. The van der Waals surface area contributed by atoms with Crippen LogP contribution in [0.3, 0.4) is 0 Å². The number of nitrogens with zero attached hydrogens (tertiary/aromatic N) is 1. The fraction of sp³-hybridized carbons (Fsp3) is 0.857. The van der Waals surface area contributed by atoms with Crippen LogP contribution in [0.2, 0.25) is 0 Å². The lowest BCUT2D eigenvalue weighted by Gasteiger charge is -2.32. The lowest BCUT2D eigenvalue weighted by molar-refractivity contribution is 0.209. The lowest BCUT2D eigenvalue weighted by Crippen LogP contribution is -2.37. The van der Waals surface area contributed by atoms with Gasteiger partial charge in [0.25, 0.3) is 0 Å². The smallest absolute Gasteiger partial charge is 0.0193 e. The molecule has 2 heteroatoms. The SMILES string of the molecule is CC1=CCCN(C(C)CCCNC2CC2)C1. The molecule has 1 heterocycles. The van der Waals surface area contributed by atoms with Gasteiger partial charge in [-0.3, -0.25) is 4.90 Å². The molecule has 0 radical (unpaired) electrons. The first-order valence-electron chi connectivity index (χ1n) is 6.89. The summed E-state index contributed by atoms with van der Waals surface area (Å²) in [6.45, 7) is 8.31. The first-order valence-corrected chi connectivity index (χ1v) is 6.89. The standard InChI is InChI=1S/C14H26N2/c1-12-5-4-10-16(11-12)13(2)6-3-9-15-14-7-8-14/h5,13-15H,3-4,6-11H2,1-2H3. The van der Waals surface area contributed by atoms with E-state index in [0.29, 0.717) is 0 Å². The number of hydrogen-bond donors (Lipinski definition) is 1. The summed E-state index contributed by atoms with van der Waals surface area (Å²) in [6, 6.07) is 1.63. The Kier molecular flexibility index (Phi) is 4.42. The maximum Gasteiger partial charge on any atom is 0.0193 e. The van der Waals surface area contributed by atoms with Gasteiger partial charge in [0, 0.05) is 25.2 Å². The molecular weight excluding hydrogens is 196 g/mol. The van der Waals surface area contributed by atoms with Gasteiger partial charge in [0.15, 0.2) is 0 Å². The zero-order valence-electron chi connectivity index (χ0n) is 10.8. The molecule has 0 amide bonds. The highest BCUT2D eigenvalue weighted by molar-refractivity contribution is 5.05. The summed E-state index contributed by atoms with van der Waals surface area (Å²) in [6.07, 6.45) is 9.12. The fourth-order valence-electron chi connectivity index (χ4n) is 2.49. The van der Waals surface area contributed by atoms with Crippen molar-refractivity contribution in [2.75, 3.05) is 19.6 Å². The molecule has 0 aromatic heterocycles. The van der Waals surface area contributed by atoms with E-state index in [1.807, 2.05) is 0 Å². The van der Waals surface area contributed by atoms with Crippen molar-refractivity contribution in [2.24, 2.45) is 0 Å². The van der Waals surface area contributed by atoms with E-state index in [9.17, 15) is 0 Å². The van der Waals surface area contributed by atoms with Gasteiger partial charge in [0.1, 0.15) is 0 Å². The van der Waals surface area contributed by atoms with Crippen LogP contribution in [0, 0.1) is 0 Å². The van der Waals surface area contributed by atoms with Gasteiger partial charge < -0.3 is 5.32 Å². The Bertz CT molecular complexity index is 243. The molecule has 92 valence electrons. The Morgan fingerprint density at radius 1 is 1.50 bits per heavy atom. The monoisotopic (exact) mass is 222 g/mol. The van der Waals surface area contributed by atoms with Gasteiger partial charge in [-0.2, -0.15) is 0 Å². The first kappa shape index (κ1) is 12.1. The third-order valence-electron chi connectivity index (χ3n) is 3.79. The van der Waals surface area contributed by atoms with Crippen molar-refractivity contribution >= 4 is 0 Å². The summed E-state index contributed by atoms with van der Waals surface area (Å²) in [4.78, 5) is 2.63. The van der Waals surface area contributed by atoms with Crippen molar-refractivity contribution in [3.63, 3.8) is 0 Å². The Balaban J connectivity index is 1.58. The number of nitrogens with one attached hydrogen (secondary N) is 1. The summed E-state index contributed by atoms with van der Waals surface area (Å²) < 4.78 is 0. The second-order valence-electron chi connectivity index (χ2n) is 5.53. The molecule has 1 aliphatic carbocycles. The molecule has 2 nitrogen and oxygen atoms in total. The molecule has 16 heavy (non-hydrogen) atoms. The van der Waals surface area contributed by atoms with Crippen LogP contribution in [0.1, 0.15) is 46.0 Å². The largest absolute Gasteiger partial charge is 0.314 e. The van der Waals surface area contributed by atoms with Crippen LogP contribution >= 0.6 is 0 Å². The van der Waals surface area contributed by atoms with Crippen molar-refractivity contribution in [3.05, 3.63) is 11.6 Å². The minimum absolute atomic E-state index is 0.754. The van der Waals surface area contributed by atoms with E-state index in [-0.39, 0.29) is 0 Å². The third kappa shape index (κ3) is 3.91. The van der Waals surface area contributed by atoms with Gasteiger partial charge in [-0.15, -0.1) is 0 Å². The maximum atomic E-state index is 3.59. The van der Waals surface area contributed by atoms with E-state index >= 15 is 0 Å². The van der Waals surface area contributed by atoms with Gasteiger partial charge in [-0.05, 0) is 52.5 Å². The minimum Gasteiger partial charge on any atom is -0.314 e. The van der Waals surface area contributed by atoms with Crippen LogP contribution < -0.4 is 5.32 Å². The van der Waals surface area contributed by atoms with Crippen LogP contribution in [0.4, 0.5) is 0 Å². The fourth-order valence-corrected chi connectivity index (χ4v) is 2.49. The quantitative estimate of drug-likeness (QED) is 0.549. The van der Waals surface area contributed by atoms with E-state index < -0.39 is 0 Å². The van der Waals surface area contributed by atoms with Crippen LogP contribution in [-0.2, 0) is 0 Å². The molecule has 1 aliphatic heterocycles. The molecule has 1 atom stereocenters. The van der Waals surface area contributed by atoms with E-state index in [4.69, 9.17) is 0 Å². The average molecular weight is 222 g/mol. The average Bonchev–Trinajstić information content (AvgIpc) is 3.08. The molecule has 1 unspecified atom stereocenters. The van der Waals surface area contributed by atoms with Gasteiger partial charge in [-0.1, -0.05) is 11.6 Å². The topological polar surface area (TPSA) is 15.3 Å². The molecule has 2 rings (SSSR count). The molecule has 0 aromatic rings. The zero-order valence-corrected chi connectivity index (χ0v) is 10.8. The van der Waals surface area contributed by atoms with Crippen molar-refractivity contribution in [1.82, 2.24) is 10.2 Å². The molecule has 2 aliphatic rings. The number of hydrogen-bond acceptors (Lipinski definition) is 2. The molecule has 0 spiro atoms. The lowest BCUT2D eigenvalue weighted by atomic mass is 10.1. The Morgan fingerprint density at radius 2 is 2.31 bits per heavy atom. The first-order chi connectivity index (χ1) is 7.75. The summed E-state index contributed by atoms with van der Waals surface area (Å²) in [5.41, 5.74) is 1.55. The predicted octanol–water partition coefficient (Wildman–Crippen LogP) is 2.56. The Morgan fingerprint density at radius 3 is 3.00 bits per heavy atom. The maximum absolute atomic E-state index is 3.59. The summed E-state index contributed by atoms with van der Waals surface area (Å²) >= 11 is 0. The third-order valence-corrected chi connectivity index (χ3v) is 3.79. The highest BCUT2D eigenvalue weighted by atomic mass is 15.1. The second kappa shape index (κ2) is 5.83. The number of rotatable bonds is 6. The minimum atomic E-state index is 0.754. The Hall–Kier alpha value is -0.340. The van der Waals surface area contributed by atoms with Crippen LogP contribution in [0.15, 0.2) is 11.6 Å². The van der Waals surface area contributed by atoms with Gasteiger partial charge in [0.05, 0.1) is 0 Å². The van der Waals surface area contributed by atoms with Crippen molar-refractivity contribution in [2.45, 2.75) is 58.0 Å². The molecule has 1 saturated carbocycles. The molecule has 1 fully saturated rings. The molecule has 0 bridgehead atoms. The Labute approximate surface area is 100 Å². The van der Waals surface area contributed by atoms with Gasteiger partial charge in [-0.25, -0.2) is 0 Å². The van der Waals surface area contributed by atoms with E-state index in [1.54, 1.807) is 5.57 Å². The van der Waals surface area contributed by atoms with Crippen LogP contribution in [0.5, 0.6) is 0 Å². The van der Waals surface area contributed by atoms with E-state index in [0.717, 1.165) is 12.1 Å². The van der Waals surface area contributed by atoms with Crippen molar-refractivity contribution in [1.29, 1.82) is 0 Å². The molecule has 0 aromatic carbocycles. The predicted molar refractivity (Wildman–Crippen MR) is 69.7 cm³/mol. The highest BCUT2D eigenvalue weighted by Gasteiger charge is 2.20. The molecule has 0 saturated heterocycles. The summed E-state index contributed by atoms with van der Waals surface area (Å²) in [7, 11) is 0.